The molecule has 0 aliphatic carbocycles. The minimum atomic E-state index is -0.930. The number of hydrogen-bond acceptors (Lipinski definition) is 7. The van der Waals surface area contributed by atoms with Gasteiger partial charge in [0.25, 0.3) is 5.91 Å². The summed E-state index contributed by atoms with van der Waals surface area (Å²) in [5, 5.41) is 8.12. The molecule has 1 aliphatic heterocycles. The summed E-state index contributed by atoms with van der Waals surface area (Å²) in [6.07, 6.45) is 5.57. The minimum absolute atomic E-state index is 0. The van der Waals surface area contributed by atoms with Crippen LogP contribution in [0.2, 0.25) is 0 Å². The molecule has 0 spiro atoms. The summed E-state index contributed by atoms with van der Waals surface area (Å²) in [4.78, 5) is 72.7. The van der Waals surface area contributed by atoms with E-state index in [0.29, 0.717) is 19.1 Å². The largest absolute Gasteiger partial charge is 0.358 e. The molecule has 1 saturated heterocycles. The second-order valence-corrected chi connectivity index (χ2v) is 9.78. The van der Waals surface area contributed by atoms with Crippen molar-refractivity contribution in [3.05, 3.63) is 38.6 Å². The van der Waals surface area contributed by atoms with Crippen molar-refractivity contribution < 1.29 is 56.7 Å². The number of hydrogen-bond donors (Lipinski definition) is 3. The molecule has 1 aromatic rings. The Labute approximate surface area is 251 Å². The first kappa shape index (κ1) is 35.7. The van der Waals surface area contributed by atoms with Gasteiger partial charge in [-0.05, 0) is 31.2 Å². The van der Waals surface area contributed by atoms with Gasteiger partial charge in [-0.2, -0.15) is 0 Å². The van der Waals surface area contributed by atoms with Gasteiger partial charge < -0.3 is 40.0 Å². The van der Waals surface area contributed by atoms with Crippen LogP contribution in [0.4, 0.5) is 0 Å². The summed E-state index contributed by atoms with van der Waals surface area (Å²) in [6, 6.07) is -3.28. The van der Waals surface area contributed by atoms with E-state index in [1.54, 1.807) is 34.6 Å². The predicted octanol–water partition coefficient (Wildman–Crippen LogP) is 0.964. The van der Waals surface area contributed by atoms with Gasteiger partial charge in [0.05, 0.1) is 12.2 Å². The number of carbonyl (C=O) groups is 5. The molecule has 11 nitrogen and oxygen atoms in total. The fourth-order valence-corrected chi connectivity index (χ4v) is 4.03. The van der Waals surface area contributed by atoms with Gasteiger partial charge in [0.2, 0.25) is 17.7 Å². The zero-order valence-corrected chi connectivity index (χ0v) is 26.0. The average Bonchev–Trinajstić information content (AvgIpc) is 3.25. The van der Waals surface area contributed by atoms with Crippen LogP contribution in [0.3, 0.4) is 0 Å². The molecule has 209 valence electrons. The summed E-state index contributed by atoms with van der Waals surface area (Å²) in [7, 11) is 0. The Morgan fingerprint density at radius 2 is 1.71 bits per heavy atom. The van der Waals surface area contributed by atoms with Crippen LogP contribution in [-0.4, -0.2) is 75.5 Å². The van der Waals surface area contributed by atoms with Gasteiger partial charge in [0.1, 0.15) is 30.1 Å². The van der Waals surface area contributed by atoms with Gasteiger partial charge in [0, 0.05) is 45.1 Å². The molecule has 38 heavy (non-hydrogen) atoms. The van der Waals surface area contributed by atoms with Crippen molar-refractivity contribution >= 4 is 29.9 Å². The molecule has 12 heteroatoms. The normalized spacial score (nSPS) is 18.9. The number of rotatable bonds is 11. The van der Waals surface area contributed by atoms with Crippen LogP contribution in [0.25, 0.3) is 0 Å². The van der Waals surface area contributed by atoms with Crippen LogP contribution in [0.1, 0.15) is 57.9 Å². The molecule has 2 heterocycles. The third kappa shape index (κ3) is 9.48. The predicted molar refractivity (Wildman–Crippen MR) is 139 cm³/mol. The monoisotopic (exact) mass is 605 g/mol. The summed E-state index contributed by atoms with van der Waals surface area (Å²) in [6.45, 7) is 13.2. The quantitative estimate of drug-likeness (QED) is 0.251. The van der Waals surface area contributed by atoms with E-state index in [-0.39, 0.29) is 70.1 Å². The molecule has 5 unspecified atom stereocenters. The Bertz CT molecular complexity index is 945. The van der Waals surface area contributed by atoms with Crippen molar-refractivity contribution in [2.45, 2.75) is 71.6 Å². The topological polar surface area (TPSA) is 150 Å². The van der Waals surface area contributed by atoms with E-state index in [1.165, 1.54) is 23.5 Å². The minimum Gasteiger partial charge on any atom is -0.358 e. The number of likely N-dealkylation sites (tertiary alicyclic amines) is 1. The number of nitrogens with zero attached hydrogens (tertiary/aromatic N) is 3. The number of nitrogens with one attached hydrogen (secondary N) is 3. The molecule has 1 fully saturated rings. The van der Waals surface area contributed by atoms with E-state index in [9.17, 15) is 24.0 Å². The Kier molecular flexibility index (Phi) is 15.7. The third-order valence-electron chi connectivity index (χ3n) is 6.17. The average molecular weight is 606 g/mol. The van der Waals surface area contributed by atoms with Crippen LogP contribution in [0.5, 0.6) is 0 Å². The number of aromatic nitrogens is 2. The third-order valence-corrected chi connectivity index (χ3v) is 6.17. The molecular weight excluding hydrogens is 565 g/mol. The Morgan fingerprint density at radius 3 is 2.21 bits per heavy atom. The second kappa shape index (κ2) is 16.6. The van der Waals surface area contributed by atoms with Crippen molar-refractivity contribution in [3.63, 3.8) is 0 Å². The summed E-state index contributed by atoms with van der Waals surface area (Å²) >= 11 is 0. The maximum absolute atomic E-state index is 13.6. The summed E-state index contributed by atoms with van der Waals surface area (Å²) < 4.78 is 0. The van der Waals surface area contributed by atoms with Gasteiger partial charge in [-0.25, -0.2) is 4.98 Å². The van der Waals surface area contributed by atoms with Gasteiger partial charge in [-0.15, -0.1) is 5.92 Å². The number of amides is 4. The number of aldehydes is 1. The van der Waals surface area contributed by atoms with E-state index in [4.69, 9.17) is 0 Å². The van der Waals surface area contributed by atoms with Crippen LogP contribution < -0.4 is 16.0 Å². The maximum Gasteiger partial charge on any atom is 0.272 e. The Balaban J connectivity index is 0.00000684. The fourth-order valence-electron chi connectivity index (χ4n) is 4.03. The molecule has 2 rings (SSSR count). The molecule has 3 N–H and O–H groups in total. The van der Waals surface area contributed by atoms with Crippen molar-refractivity contribution in [1.29, 1.82) is 0 Å². The molecule has 4 amide bonds. The molecular formula is C26H40N6O5Y-2. The SMILES string of the molecule is [CH2-]C1CC(C(=O)NC(C=O)CC)N(C(=O)C(NC(=O)C(NC(=O)c2cnccn2)C(C)C)C(C)C)C1.[CH3-].[Y]. The van der Waals surface area contributed by atoms with E-state index in [1.807, 2.05) is 0 Å². The second-order valence-electron chi connectivity index (χ2n) is 9.78. The molecule has 1 aliphatic rings. The van der Waals surface area contributed by atoms with Crippen LogP contribution in [0.15, 0.2) is 18.6 Å². The Hall–Kier alpha value is -2.27. The molecule has 5 atom stereocenters. The molecule has 1 radical (unpaired) electrons. The van der Waals surface area contributed by atoms with Crippen LogP contribution in [0, 0.1) is 32.1 Å². The molecule has 0 saturated carbocycles. The molecule has 1 aromatic heterocycles. The van der Waals surface area contributed by atoms with Gasteiger partial charge >= 0.3 is 0 Å². The van der Waals surface area contributed by atoms with Crippen LogP contribution in [-0.2, 0) is 51.9 Å². The first-order chi connectivity index (χ1) is 17.0. The fraction of sp³-hybridized carbons (Fsp3) is 0.577. The zero-order valence-electron chi connectivity index (χ0n) is 23.1. The van der Waals surface area contributed by atoms with Crippen molar-refractivity contribution in [2.75, 3.05) is 6.54 Å². The van der Waals surface area contributed by atoms with E-state index in [0.717, 1.165) is 0 Å². The maximum atomic E-state index is 13.6. The van der Waals surface area contributed by atoms with Crippen molar-refractivity contribution in [2.24, 2.45) is 17.8 Å². The standard InChI is InChI=1S/C25H37N6O5.CH3.Y/c1-7-17(13-32)28-23(34)19-10-16(6)12-31(19)25(36)21(15(4)5)30-24(35)20(14(2)3)29-22(33)18-11-26-8-9-27-18;;/h8-9,11,13-17,19-21H,6-7,10,12H2,1-5H3,(H,28,34)(H,29,33)(H,30,35);1H3;/q2*-1;. The first-order valence-corrected chi connectivity index (χ1v) is 12.3. The smallest absolute Gasteiger partial charge is 0.272 e. The van der Waals surface area contributed by atoms with E-state index in [2.05, 4.69) is 32.8 Å². The van der Waals surface area contributed by atoms with Gasteiger partial charge in [0.15, 0.2) is 0 Å². The summed E-state index contributed by atoms with van der Waals surface area (Å²) in [5.41, 5.74) is 0.0700. The van der Waals surface area contributed by atoms with Crippen molar-refractivity contribution in [1.82, 2.24) is 30.8 Å². The van der Waals surface area contributed by atoms with E-state index >= 15 is 0 Å². The number of carbonyl (C=O) groups excluding carboxylic acids is 5. The van der Waals surface area contributed by atoms with Crippen molar-refractivity contribution in [3.8, 4) is 0 Å². The molecule has 0 aromatic carbocycles. The zero-order chi connectivity index (χ0) is 27.0. The van der Waals surface area contributed by atoms with Gasteiger partial charge in [-0.1, -0.05) is 34.6 Å². The Morgan fingerprint density at radius 1 is 1.08 bits per heavy atom. The van der Waals surface area contributed by atoms with Crippen LogP contribution >= 0.6 is 0 Å². The van der Waals surface area contributed by atoms with Gasteiger partial charge in [-0.3, -0.25) is 24.2 Å². The molecule has 0 bridgehead atoms. The first-order valence-electron chi connectivity index (χ1n) is 12.3. The summed E-state index contributed by atoms with van der Waals surface area (Å²) in [5.74, 6) is -2.65. The van der Waals surface area contributed by atoms with E-state index < -0.39 is 47.8 Å².